The molecule has 0 aliphatic heterocycles. The van der Waals surface area contributed by atoms with Gasteiger partial charge in [-0.2, -0.15) is 0 Å². The summed E-state index contributed by atoms with van der Waals surface area (Å²) in [4.78, 5) is 9.32. The highest BCUT2D eigenvalue weighted by Gasteiger charge is 2.12. The Morgan fingerprint density at radius 3 is 2.76 bits per heavy atom. The van der Waals surface area contributed by atoms with Crippen LogP contribution in [0, 0.1) is 0 Å². The zero-order chi connectivity index (χ0) is 12.9. The number of methoxy groups -OCH3 is 1. The molecule has 1 aromatic carbocycles. The molecule has 94 valence electrons. The van der Waals surface area contributed by atoms with Crippen LogP contribution >= 0.6 is 7.60 Å². The predicted molar refractivity (Wildman–Crippen MR) is 65.1 cm³/mol. The molecule has 0 aliphatic carbocycles. The summed E-state index contributed by atoms with van der Waals surface area (Å²) in [5.74, 6) is 1.42. The number of phenolic OH excluding ortho intramolecular Hbond substituents is 1. The number of hydrogen-bond donors (Lipinski definition) is 2. The first kappa shape index (κ1) is 13.8. The highest BCUT2D eigenvalue weighted by molar-refractivity contribution is 7.56. The molecular weight excluding hydrogens is 243 g/mol. The smallest absolute Gasteiger partial charge is 0.351 e. The molecule has 0 saturated carbocycles. The number of aromatic hydroxyl groups is 1. The second-order valence-electron chi connectivity index (χ2n) is 3.23. The molecule has 1 rings (SSSR count). The zero-order valence-electron chi connectivity index (χ0n) is 9.66. The monoisotopic (exact) mass is 258 g/mol. The van der Waals surface area contributed by atoms with Gasteiger partial charge in [-0.25, -0.2) is 0 Å². The van der Waals surface area contributed by atoms with Crippen molar-refractivity contribution in [2.24, 2.45) is 0 Å². The molecule has 1 aromatic rings. The van der Waals surface area contributed by atoms with Crippen molar-refractivity contribution >= 4 is 13.7 Å². The van der Waals surface area contributed by atoms with Crippen molar-refractivity contribution in [2.75, 3.05) is 13.7 Å². The van der Waals surface area contributed by atoms with Crippen molar-refractivity contribution in [1.29, 1.82) is 0 Å². The van der Waals surface area contributed by atoms with Crippen LogP contribution in [0.2, 0.25) is 0 Å². The fourth-order valence-electron chi connectivity index (χ4n) is 1.21. The first-order valence-electron chi connectivity index (χ1n) is 5.02. The molecule has 0 saturated heterocycles. The lowest BCUT2D eigenvalue weighted by atomic mass is 10.2. The largest absolute Gasteiger partial charge is 0.504 e. The molecule has 0 aromatic heterocycles. The van der Waals surface area contributed by atoms with Crippen LogP contribution in [0.15, 0.2) is 24.0 Å². The zero-order valence-corrected chi connectivity index (χ0v) is 10.6. The third-order valence-corrected chi connectivity index (χ3v) is 3.13. The molecule has 6 heteroatoms. The molecule has 1 unspecified atom stereocenters. The maximum Gasteiger partial charge on any atom is 0.351 e. The number of ether oxygens (including phenoxy) is 1. The van der Waals surface area contributed by atoms with E-state index < -0.39 is 7.60 Å². The Morgan fingerprint density at radius 2 is 2.18 bits per heavy atom. The average Bonchev–Trinajstić information content (AvgIpc) is 2.28. The summed E-state index contributed by atoms with van der Waals surface area (Å²) in [5.41, 5.74) is 0.633. The number of benzene rings is 1. The Labute approximate surface area is 99.8 Å². The highest BCUT2D eigenvalue weighted by atomic mass is 31.2. The summed E-state index contributed by atoms with van der Waals surface area (Å²) < 4.78 is 21.0. The van der Waals surface area contributed by atoms with E-state index in [1.807, 2.05) is 0 Å². The van der Waals surface area contributed by atoms with Gasteiger partial charge in [0.15, 0.2) is 11.5 Å². The van der Waals surface area contributed by atoms with E-state index in [1.165, 1.54) is 19.3 Å². The molecule has 17 heavy (non-hydrogen) atoms. The van der Waals surface area contributed by atoms with Crippen molar-refractivity contribution in [2.45, 2.75) is 6.92 Å². The molecule has 0 spiro atoms. The van der Waals surface area contributed by atoms with Crippen molar-refractivity contribution in [3.63, 3.8) is 0 Å². The molecule has 0 amide bonds. The van der Waals surface area contributed by atoms with Crippen LogP contribution in [0.5, 0.6) is 11.5 Å². The van der Waals surface area contributed by atoms with E-state index in [1.54, 1.807) is 19.1 Å². The fourth-order valence-corrected chi connectivity index (χ4v) is 2.02. The van der Waals surface area contributed by atoms with Gasteiger partial charge in [0.05, 0.1) is 13.7 Å². The number of phenols is 1. The summed E-state index contributed by atoms with van der Waals surface area (Å²) >= 11 is 0. The van der Waals surface area contributed by atoms with Crippen molar-refractivity contribution in [3.8, 4) is 11.5 Å². The third kappa shape index (κ3) is 4.23. The Bertz CT molecular complexity index is 455. The first-order chi connectivity index (χ1) is 7.98. The molecule has 0 bridgehead atoms. The minimum atomic E-state index is -3.68. The summed E-state index contributed by atoms with van der Waals surface area (Å²) in [6.07, 6.45) is 1.44. The van der Waals surface area contributed by atoms with Gasteiger partial charge in [-0.3, -0.25) is 4.57 Å². The van der Waals surface area contributed by atoms with Gasteiger partial charge >= 0.3 is 7.60 Å². The SMILES string of the molecule is CCOP(=O)(O)/C=C/c1ccc(O)c(OC)c1. The Balaban J connectivity index is 2.88. The third-order valence-electron chi connectivity index (χ3n) is 1.97. The summed E-state index contributed by atoms with van der Waals surface area (Å²) in [6, 6.07) is 4.60. The summed E-state index contributed by atoms with van der Waals surface area (Å²) in [7, 11) is -2.25. The van der Waals surface area contributed by atoms with E-state index in [0.29, 0.717) is 11.3 Å². The summed E-state index contributed by atoms with van der Waals surface area (Å²) in [5, 5.41) is 9.37. The van der Waals surface area contributed by atoms with E-state index >= 15 is 0 Å². The lowest BCUT2D eigenvalue weighted by molar-refractivity contribution is 0.283. The van der Waals surface area contributed by atoms with Crippen LogP contribution in [0.3, 0.4) is 0 Å². The van der Waals surface area contributed by atoms with Gasteiger partial charge in [-0.05, 0) is 30.7 Å². The van der Waals surface area contributed by atoms with Gasteiger partial charge < -0.3 is 19.3 Å². The Hall–Kier alpha value is -1.29. The summed E-state index contributed by atoms with van der Waals surface area (Å²) in [6.45, 7) is 1.80. The van der Waals surface area contributed by atoms with Crippen molar-refractivity contribution in [3.05, 3.63) is 29.6 Å². The number of hydrogen-bond acceptors (Lipinski definition) is 4. The minimum absolute atomic E-state index is 0.0154. The quantitative estimate of drug-likeness (QED) is 0.794. The first-order valence-corrected chi connectivity index (χ1v) is 6.66. The normalized spacial score (nSPS) is 14.8. The van der Waals surface area contributed by atoms with E-state index in [0.717, 1.165) is 5.82 Å². The van der Waals surface area contributed by atoms with Gasteiger partial charge in [0, 0.05) is 5.82 Å². The topological polar surface area (TPSA) is 76.0 Å². The fraction of sp³-hybridized carbons (Fsp3) is 0.273. The molecule has 0 heterocycles. The van der Waals surface area contributed by atoms with Crippen molar-refractivity contribution < 1.29 is 23.8 Å². The minimum Gasteiger partial charge on any atom is -0.504 e. The van der Waals surface area contributed by atoms with Gasteiger partial charge in [0.2, 0.25) is 0 Å². The lowest BCUT2D eigenvalue weighted by Crippen LogP contribution is -1.86. The molecular formula is C11H15O5P. The van der Waals surface area contributed by atoms with Crippen LogP contribution < -0.4 is 4.74 Å². The molecule has 0 fully saturated rings. The van der Waals surface area contributed by atoms with E-state index in [2.05, 4.69) is 4.52 Å². The lowest BCUT2D eigenvalue weighted by Gasteiger charge is -2.06. The van der Waals surface area contributed by atoms with Crippen LogP contribution in [0.1, 0.15) is 12.5 Å². The predicted octanol–water partition coefficient (Wildman–Crippen LogP) is 2.59. The Morgan fingerprint density at radius 1 is 1.47 bits per heavy atom. The molecule has 1 atom stereocenters. The van der Waals surface area contributed by atoms with E-state index in [9.17, 15) is 14.6 Å². The second kappa shape index (κ2) is 5.87. The van der Waals surface area contributed by atoms with Gasteiger partial charge in [0.25, 0.3) is 0 Å². The van der Waals surface area contributed by atoms with Crippen LogP contribution in [0.25, 0.3) is 6.08 Å². The van der Waals surface area contributed by atoms with E-state index in [-0.39, 0.29) is 12.4 Å². The van der Waals surface area contributed by atoms with Crippen LogP contribution in [-0.2, 0) is 9.09 Å². The highest BCUT2D eigenvalue weighted by Crippen LogP contribution is 2.44. The van der Waals surface area contributed by atoms with Gasteiger partial charge in [-0.1, -0.05) is 6.07 Å². The van der Waals surface area contributed by atoms with E-state index in [4.69, 9.17) is 4.74 Å². The maximum absolute atomic E-state index is 11.4. The standard InChI is InChI=1S/C11H15O5P/c1-3-16-17(13,14)7-6-9-4-5-10(12)11(8-9)15-2/h4-8,12H,3H2,1-2H3,(H,13,14)/b7-6+. The van der Waals surface area contributed by atoms with Gasteiger partial charge in [-0.15, -0.1) is 0 Å². The second-order valence-corrected chi connectivity index (χ2v) is 4.91. The molecule has 0 radical (unpaired) electrons. The number of rotatable bonds is 5. The Kier molecular flexibility index (Phi) is 4.75. The van der Waals surface area contributed by atoms with Gasteiger partial charge in [0.1, 0.15) is 0 Å². The molecule has 5 nitrogen and oxygen atoms in total. The average molecular weight is 258 g/mol. The molecule has 2 N–H and O–H groups in total. The van der Waals surface area contributed by atoms with Crippen LogP contribution in [0.4, 0.5) is 0 Å². The maximum atomic E-state index is 11.4. The molecule has 0 aliphatic rings. The van der Waals surface area contributed by atoms with Crippen molar-refractivity contribution in [1.82, 2.24) is 0 Å². The van der Waals surface area contributed by atoms with Crippen LogP contribution in [-0.4, -0.2) is 23.7 Å².